The lowest BCUT2D eigenvalue weighted by Gasteiger charge is -2.40. The number of carbonyl (C=O) groups excluding carboxylic acids is 1. The second-order valence-corrected chi connectivity index (χ2v) is 13.3. The van der Waals surface area contributed by atoms with Crippen LogP contribution in [0.15, 0.2) is 47.2 Å². The molecule has 5 heteroatoms. The van der Waals surface area contributed by atoms with Gasteiger partial charge in [0.25, 0.3) is 0 Å². The summed E-state index contributed by atoms with van der Waals surface area (Å²) in [6.45, 7) is 17.0. The molecule has 1 aromatic carbocycles. The van der Waals surface area contributed by atoms with E-state index in [4.69, 9.17) is 14.9 Å². The highest BCUT2D eigenvalue weighted by Crippen LogP contribution is 2.39. The van der Waals surface area contributed by atoms with Gasteiger partial charge in [-0.1, -0.05) is 64.1 Å². The van der Waals surface area contributed by atoms with E-state index < -0.39 is 14.4 Å². The van der Waals surface area contributed by atoms with E-state index in [0.717, 1.165) is 11.1 Å². The topological polar surface area (TPSA) is 61.5 Å². The molecule has 0 fully saturated rings. The summed E-state index contributed by atoms with van der Waals surface area (Å²) < 4.78 is 11.9. The largest absolute Gasteiger partial charge is 0.463 e. The molecule has 4 nitrogen and oxygen atoms in total. The average molecular weight is 404 g/mol. The molecule has 0 aliphatic heterocycles. The smallest absolute Gasteiger partial charge is 0.335 e. The van der Waals surface area contributed by atoms with Gasteiger partial charge in [0.2, 0.25) is 0 Å². The molecule has 0 saturated heterocycles. The highest BCUT2D eigenvalue weighted by atomic mass is 28.4. The predicted octanol–water partition coefficient (Wildman–Crippen LogP) is 5.67. The number of ether oxygens (including phenoxy) is 1. The van der Waals surface area contributed by atoms with Crippen LogP contribution in [-0.4, -0.2) is 27.0 Å². The van der Waals surface area contributed by atoms with Gasteiger partial charge < -0.3 is 14.9 Å². The van der Waals surface area contributed by atoms with E-state index >= 15 is 0 Å². The molecule has 0 saturated carbocycles. The molecule has 2 N–H and O–H groups in total. The van der Waals surface area contributed by atoms with Crippen molar-refractivity contribution in [2.45, 2.75) is 72.2 Å². The van der Waals surface area contributed by atoms with Gasteiger partial charge in [0.1, 0.15) is 6.10 Å². The molecule has 0 radical (unpaired) electrons. The Hall–Kier alpha value is -1.85. The van der Waals surface area contributed by atoms with Crippen molar-refractivity contribution < 1.29 is 14.0 Å². The minimum Gasteiger partial charge on any atom is -0.463 e. The van der Waals surface area contributed by atoms with Crippen molar-refractivity contribution in [1.29, 1.82) is 0 Å². The summed E-state index contributed by atoms with van der Waals surface area (Å²) >= 11 is 0. The summed E-state index contributed by atoms with van der Waals surface area (Å²) in [7, 11) is -2.13. The van der Waals surface area contributed by atoms with Crippen molar-refractivity contribution in [2.24, 2.45) is 5.73 Å². The Balaban J connectivity index is 3.46. The van der Waals surface area contributed by atoms with Crippen LogP contribution < -0.4 is 5.73 Å². The summed E-state index contributed by atoms with van der Waals surface area (Å²) in [5, 5.41) is 0.0227. The Morgan fingerprint density at radius 1 is 1.18 bits per heavy atom. The first kappa shape index (κ1) is 24.2. The predicted molar refractivity (Wildman–Crippen MR) is 120 cm³/mol. The fourth-order valence-electron chi connectivity index (χ4n) is 2.60. The number of nitrogens with two attached hydrogens (primary N) is 1. The Morgan fingerprint density at radius 3 is 2.21 bits per heavy atom. The maximum absolute atomic E-state index is 12.4. The number of carbonyl (C=O) groups is 1. The summed E-state index contributed by atoms with van der Waals surface area (Å²) in [4.78, 5) is 12.4. The third-order valence-electron chi connectivity index (χ3n) is 5.33. The van der Waals surface area contributed by atoms with E-state index in [2.05, 4.69) is 39.9 Å². The van der Waals surface area contributed by atoms with Gasteiger partial charge in [-0.3, -0.25) is 0 Å². The third-order valence-corrected chi connectivity index (χ3v) is 9.77. The van der Waals surface area contributed by atoms with E-state index in [1.54, 1.807) is 6.92 Å². The van der Waals surface area contributed by atoms with Gasteiger partial charge in [0, 0.05) is 0 Å². The highest BCUT2D eigenvalue weighted by Gasteiger charge is 2.40. The van der Waals surface area contributed by atoms with Crippen molar-refractivity contribution >= 4 is 20.4 Å². The van der Waals surface area contributed by atoms with Crippen LogP contribution in [-0.2, 0) is 14.0 Å². The molecule has 156 valence electrons. The van der Waals surface area contributed by atoms with E-state index in [1.165, 1.54) is 0 Å². The zero-order valence-electron chi connectivity index (χ0n) is 18.8. The van der Waals surface area contributed by atoms with Crippen LogP contribution in [0.4, 0.5) is 0 Å². The molecule has 0 spiro atoms. The van der Waals surface area contributed by atoms with Gasteiger partial charge in [-0.15, -0.1) is 0 Å². The first-order valence-corrected chi connectivity index (χ1v) is 12.9. The molecule has 1 rings (SSSR count). The van der Waals surface area contributed by atoms with Crippen LogP contribution in [0.5, 0.6) is 0 Å². The number of rotatable bonds is 8. The molecule has 28 heavy (non-hydrogen) atoms. The number of esters is 1. The lowest BCUT2D eigenvalue weighted by Crippen LogP contribution is -2.46. The standard InChI is InChI=1S/C23H37NO3Si/c1-9-19(22(25)26-10-2)20(24)21(27-28(7,8)23(4,5)6)17(3)16-18-14-12-11-13-15-18/h11-16,21H,9-10,24H2,1-8H3/b17-16+,20-19-. The second kappa shape index (κ2) is 10.1. The second-order valence-electron chi connectivity index (χ2n) is 8.57. The van der Waals surface area contributed by atoms with Gasteiger partial charge in [0.05, 0.1) is 17.9 Å². The SMILES string of the molecule is CCOC(=O)/C(CC)=C(\N)C(O[Si](C)(C)C(C)(C)C)/C(C)=C/c1ccccc1. The third kappa shape index (κ3) is 6.35. The first-order valence-electron chi connectivity index (χ1n) is 10.0. The van der Waals surface area contributed by atoms with E-state index in [0.29, 0.717) is 24.3 Å². The molecule has 0 aliphatic carbocycles. The van der Waals surface area contributed by atoms with E-state index in [1.807, 2.05) is 44.2 Å². The maximum Gasteiger partial charge on any atom is 0.335 e. The average Bonchev–Trinajstić information content (AvgIpc) is 2.60. The zero-order chi connectivity index (χ0) is 21.5. The molecule has 0 amide bonds. The van der Waals surface area contributed by atoms with Gasteiger partial charge in [-0.2, -0.15) is 0 Å². The van der Waals surface area contributed by atoms with Crippen molar-refractivity contribution in [3.8, 4) is 0 Å². The number of benzene rings is 1. The molecule has 0 heterocycles. The van der Waals surface area contributed by atoms with Crippen molar-refractivity contribution in [2.75, 3.05) is 6.61 Å². The molecule has 0 bridgehead atoms. The number of hydrogen-bond acceptors (Lipinski definition) is 4. The Morgan fingerprint density at radius 2 is 1.75 bits per heavy atom. The lowest BCUT2D eigenvalue weighted by molar-refractivity contribution is -0.138. The Labute approximate surface area is 171 Å². The maximum atomic E-state index is 12.4. The van der Waals surface area contributed by atoms with Crippen molar-refractivity contribution in [3.05, 3.63) is 52.7 Å². The van der Waals surface area contributed by atoms with Crippen LogP contribution in [0.1, 0.15) is 53.5 Å². The van der Waals surface area contributed by atoms with Crippen LogP contribution in [0.25, 0.3) is 6.08 Å². The van der Waals surface area contributed by atoms with Gasteiger partial charge in [-0.25, -0.2) is 4.79 Å². The minimum atomic E-state index is -2.13. The normalized spacial score (nSPS) is 15.1. The zero-order valence-corrected chi connectivity index (χ0v) is 19.8. The molecule has 1 aromatic rings. The van der Waals surface area contributed by atoms with Crippen LogP contribution in [0, 0.1) is 0 Å². The monoisotopic (exact) mass is 403 g/mol. The van der Waals surface area contributed by atoms with Gasteiger partial charge >= 0.3 is 5.97 Å². The molecular formula is C23H37NO3Si. The molecule has 1 unspecified atom stereocenters. The van der Waals surface area contributed by atoms with Crippen LogP contribution in [0.3, 0.4) is 0 Å². The van der Waals surface area contributed by atoms with Crippen molar-refractivity contribution in [1.82, 2.24) is 0 Å². The fraction of sp³-hybridized carbons (Fsp3) is 0.522. The summed E-state index contributed by atoms with van der Waals surface area (Å²) in [5.74, 6) is -0.362. The van der Waals surface area contributed by atoms with Gasteiger partial charge in [0.15, 0.2) is 8.32 Å². The summed E-state index contributed by atoms with van der Waals surface area (Å²) in [6, 6.07) is 10.1. The quantitative estimate of drug-likeness (QED) is 0.345. The minimum absolute atomic E-state index is 0.0227. The molecule has 1 atom stereocenters. The fourth-order valence-corrected chi connectivity index (χ4v) is 3.86. The van der Waals surface area contributed by atoms with E-state index in [-0.39, 0.29) is 11.0 Å². The molecular weight excluding hydrogens is 366 g/mol. The van der Waals surface area contributed by atoms with Gasteiger partial charge in [-0.05, 0) is 49.5 Å². The van der Waals surface area contributed by atoms with Crippen LogP contribution >= 0.6 is 0 Å². The number of hydrogen-bond donors (Lipinski definition) is 1. The first-order chi connectivity index (χ1) is 12.9. The van der Waals surface area contributed by atoms with E-state index in [9.17, 15) is 4.79 Å². The summed E-state index contributed by atoms with van der Waals surface area (Å²) in [5.41, 5.74) is 9.54. The van der Waals surface area contributed by atoms with Crippen molar-refractivity contribution in [3.63, 3.8) is 0 Å². The Kier molecular flexibility index (Phi) is 8.70. The molecule has 0 aliphatic rings. The molecule has 0 aromatic heterocycles. The highest BCUT2D eigenvalue weighted by molar-refractivity contribution is 6.74. The Bertz CT molecular complexity index is 715. The van der Waals surface area contributed by atoms with Crippen LogP contribution in [0.2, 0.25) is 18.1 Å². The summed E-state index contributed by atoms with van der Waals surface area (Å²) in [6.07, 6.45) is 2.12. The lowest BCUT2D eigenvalue weighted by atomic mass is 10.0.